The molecule has 25 heavy (non-hydrogen) atoms. The summed E-state index contributed by atoms with van der Waals surface area (Å²) in [6.07, 6.45) is 1.67. The van der Waals surface area contributed by atoms with E-state index in [9.17, 15) is 9.90 Å². The number of benzene rings is 2. The second-order valence-corrected chi connectivity index (χ2v) is 6.34. The maximum absolute atomic E-state index is 11.3. The van der Waals surface area contributed by atoms with E-state index >= 15 is 0 Å². The number of carboxylic acid groups (broad SMARTS) is 1. The maximum atomic E-state index is 11.3. The van der Waals surface area contributed by atoms with E-state index in [-0.39, 0.29) is 6.42 Å². The zero-order valence-corrected chi connectivity index (χ0v) is 14.7. The molecule has 6 heteroatoms. The molecule has 0 aliphatic carbocycles. The molecule has 0 saturated carbocycles. The van der Waals surface area contributed by atoms with E-state index in [1.165, 1.54) is 11.3 Å². The van der Waals surface area contributed by atoms with Gasteiger partial charge in [0.1, 0.15) is 5.01 Å². The zero-order chi connectivity index (χ0) is 17.8. The van der Waals surface area contributed by atoms with Crippen LogP contribution in [0.15, 0.2) is 42.5 Å². The van der Waals surface area contributed by atoms with Crippen molar-refractivity contribution in [1.82, 2.24) is 4.98 Å². The molecule has 0 spiro atoms. The minimum Gasteiger partial charge on any atom is -0.493 e. The number of hydrogen-bond donors (Lipinski definition) is 1. The molecule has 0 aliphatic rings. The van der Waals surface area contributed by atoms with Gasteiger partial charge in [-0.3, -0.25) is 4.79 Å². The minimum absolute atomic E-state index is 0.125. The summed E-state index contributed by atoms with van der Waals surface area (Å²) < 4.78 is 11.8. The fourth-order valence-corrected chi connectivity index (χ4v) is 3.55. The average molecular weight is 355 g/mol. The normalized spacial score (nSPS) is 11.5. The quantitative estimate of drug-likeness (QED) is 0.713. The molecule has 0 aliphatic heterocycles. The van der Waals surface area contributed by atoms with E-state index in [1.54, 1.807) is 26.4 Å². The molecule has 1 aromatic heterocycles. The third kappa shape index (κ3) is 3.64. The van der Waals surface area contributed by atoms with E-state index in [2.05, 4.69) is 4.98 Å². The smallest absolute Gasteiger partial charge is 0.307 e. The minimum atomic E-state index is -0.910. The number of aliphatic carboxylic acids is 1. The molecule has 1 heterocycles. The molecular weight excluding hydrogens is 338 g/mol. The molecule has 3 rings (SSSR count). The highest BCUT2D eigenvalue weighted by Gasteiger charge is 2.15. The number of aromatic nitrogens is 1. The Balaban J connectivity index is 2.13. The van der Waals surface area contributed by atoms with Gasteiger partial charge >= 0.3 is 5.97 Å². The van der Waals surface area contributed by atoms with Crippen molar-refractivity contribution in [2.45, 2.75) is 6.42 Å². The number of carbonyl (C=O) groups is 1. The average Bonchev–Trinajstić information content (AvgIpc) is 3.04. The first-order valence-corrected chi connectivity index (χ1v) is 8.43. The zero-order valence-electron chi connectivity index (χ0n) is 13.9. The summed E-state index contributed by atoms with van der Waals surface area (Å²) in [6.45, 7) is 0. The van der Waals surface area contributed by atoms with Crippen molar-refractivity contribution in [3.8, 4) is 11.5 Å². The van der Waals surface area contributed by atoms with Gasteiger partial charge in [-0.15, -0.1) is 11.3 Å². The van der Waals surface area contributed by atoms with Crippen molar-refractivity contribution in [3.05, 3.63) is 53.0 Å². The Bertz CT molecular complexity index is 913. The van der Waals surface area contributed by atoms with E-state index < -0.39 is 5.97 Å². The first-order chi connectivity index (χ1) is 12.1. The lowest BCUT2D eigenvalue weighted by Crippen LogP contribution is -1.98. The molecule has 0 bridgehead atoms. The van der Waals surface area contributed by atoms with Gasteiger partial charge in [-0.25, -0.2) is 4.98 Å². The lowest BCUT2D eigenvalue weighted by atomic mass is 10.1. The highest BCUT2D eigenvalue weighted by molar-refractivity contribution is 7.19. The van der Waals surface area contributed by atoms with E-state index in [4.69, 9.17) is 9.47 Å². The van der Waals surface area contributed by atoms with Crippen molar-refractivity contribution < 1.29 is 19.4 Å². The third-order valence-corrected chi connectivity index (χ3v) is 4.79. The molecule has 128 valence electrons. The molecule has 2 aromatic carbocycles. The second kappa shape index (κ2) is 7.36. The van der Waals surface area contributed by atoms with Crippen LogP contribution in [0.3, 0.4) is 0 Å². The molecule has 0 unspecified atom stereocenters. The Kier molecular flexibility index (Phi) is 5.00. The van der Waals surface area contributed by atoms with Gasteiger partial charge in [0.05, 0.1) is 30.9 Å². The van der Waals surface area contributed by atoms with Crippen molar-refractivity contribution in [1.29, 1.82) is 0 Å². The van der Waals surface area contributed by atoms with E-state index in [0.29, 0.717) is 22.1 Å². The Morgan fingerprint density at radius 3 is 2.64 bits per heavy atom. The van der Waals surface area contributed by atoms with Crippen LogP contribution in [0.2, 0.25) is 0 Å². The van der Waals surface area contributed by atoms with Crippen LogP contribution in [0.5, 0.6) is 11.5 Å². The highest BCUT2D eigenvalue weighted by atomic mass is 32.1. The summed E-state index contributed by atoms with van der Waals surface area (Å²) in [4.78, 5) is 15.9. The van der Waals surface area contributed by atoms with Crippen LogP contribution in [0.1, 0.15) is 17.0 Å². The number of carboxylic acids is 1. The largest absolute Gasteiger partial charge is 0.493 e. The Morgan fingerprint density at radius 1 is 1.16 bits per heavy atom. The SMILES string of the molecule is COc1cccc(C=C(CC(=O)O)c2nc3ccccc3s2)c1OC. The summed E-state index contributed by atoms with van der Waals surface area (Å²) in [5.74, 6) is 0.247. The predicted octanol–water partition coefficient (Wildman–Crippen LogP) is 4.33. The Hall–Kier alpha value is -2.86. The number of rotatable bonds is 6. The fraction of sp³-hybridized carbons (Fsp3) is 0.158. The van der Waals surface area contributed by atoms with Crippen LogP contribution in [0, 0.1) is 0 Å². The van der Waals surface area contributed by atoms with Crippen LogP contribution >= 0.6 is 11.3 Å². The monoisotopic (exact) mass is 355 g/mol. The molecule has 0 atom stereocenters. The molecule has 5 nitrogen and oxygen atoms in total. The number of para-hydroxylation sites is 2. The summed E-state index contributed by atoms with van der Waals surface area (Å²) in [6, 6.07) is 13.2. The van der Waals surface area contributed by atoms with Gasteiger partial charge < -0.3 is 14.6 Å². The fourth-order valence-electron chi connectivity index (χ4n) is 2.57. The lowest BCUT2D eigenvalue weighted by molar-refractivity contribution is -0.135. The van der Waals surface area contributed by atoms with Gasteiger partial charge in [-0.2, -0.15) is 0 Å². The summed E-state index contributed by atoms with van der Waals surface area (Å²) >= 11 is 1.48. The number of hydrogen-bond acceptors (Lipinski definition) is 5. The molecule has 1 N–H and O–H groups in total. The van der Waals surface area contributed by atoms with Crippen LogP contribution in [0.4, 0.5) is 0 Å². The highest BCUT2D eigenvalue weighted by Crippen LogP contribution is 2.35. The maximum Gasteiger partial charge on any atom is 0.307 e. The van der Waals surface area contributed by atoms with Gasteiger partial charge in [-0.1, -0.05) is 24.3 Å². The number of methoxy groups -OCH3 is 2. The van der Waals surface area contributed by atoms with E-state index in [1.807, 2.05) is 36.4 Å². The first-order valence-electron chi connectivity index (χ1n) is 7.61. The standard InChI is InChI=1S/C19H17NO4S/c1-23-15-8-5-6-12(18(15)24-2)10-13(11-17(21)22)19-20-14-7-3-4-9-16(14)25-19/h3-10H,11H2,1-2H3,(H,21,22). The molecule has 0 radical (unpaired) electrons. The van der Waals surface area contributed by atoms with Gasteiger partial charge in [0, 0.05) is 5.56 Å². The van der Waals surface area contributed by atoms with Gasteiger partial charge in [-0.05, 0) is 29.8 Å². The second-order valence-electron chi connectivity index (χ2n) is 5.31. The summed E-state index contributed by atoms with van der Waals surface area (Å²) in [5, 5.41) is 9.99. The molecular formula is C19H17NO4S. The molecule has 0 fully saturated rings. The van der Waals surface area contributed by atoms with E-state index in [0.717, 1.165) is 15.8 Å². The van der Waals surface area contributed by atoms with Gasteiger partial charge in [0.15, 0.2) is 11.5 Å². The number of ether oxygens (including phenoxy) is 2. The van der Waals surface area contributed by atoms with Crippen LogP contribution in [-0.4, -0.2) is 30.3 Å². The van der Waals surface area contributed by atoms with Crippen molar-refractivity contribution in [2.75, 3.05) is 14.2 Å². The van der Waals surface area contributed by atoms with Crippen LogP contribution in [0.25, 0.3) is 21.9 Å². The van der Waals surface area contributed by atoms with Crippen molar-refractivity contribution in [2.24, 2.45) is 0 Å². The first kappa shape index (κ1) is 17.0. The Labute approximate surface area is 149 Å². The van der Waals surface area contributed by atoms with Crippen molar-refractivity contribution >= 4 is 39.2 Å². The summed E-state index contributed by atoms with van der Waals surface area (Å²) in [5.41, 5.74) is 2.23. The van der Waals surface area contributed by atoms with Crippen LogP contribution < -0.4 is 9.47 Å². The number of nitrogens with zero attached hydrogens (tertiary/aromatic N) is 1. The Morgan fingerprint density at radius 2 is 1.96 bits per heavy atom. The van der Waals surface area contributed by atoms with Crippen molar-refractivity contribution in [3.63, 3.8) is 0 Å². The number of fused-ring (bicyclic) bond motifs is 1. The van der Waals surface area contributed by atoms with Gasteiger partial charge in [0.2, 0.25) is 0 Å². The molecule has 3 aromatic rings. The topological polar surface area (TPSA) is 68.7 Å². The van der Waals surface area contributed by atoms with Crippen LogP contribution in [-0.2, 0) is 4.79 Å². The summed E-state index contributed by atoms with van der Waals surface area (Å²) in [7, 11) is 3.13. The molecule has 0 saturated heterocycles. The predicted molar refractivity (Wildman–Crippen MR) is 99.3 cm³/mol. The lowest BCUT2D eigenvalue weighted by Gasteiger charge is -2.11. The third-order valence-electron chi connectivity index (χ3n) is 3.67. The van der Waals surface area contributed by atoms with Gasteiger partial charge in [0.25, 0.3) is 0 Å². The molecule has 0 amide bonds. The number of thiazole rings is 1.